The Morgan fingerprint density at radius 3 is 2.90 bits per heavy atom. The Hall–Kier alpha value is -1.24. The molecule has 0 unspecified atom stereocenters. The number of urea groups is 1. The second kappa shape index (κ2) is 6.03. The molecule has 1 saturated heterocycles. The normalized spacial score (nSPS) is 21.6. The highest BCUT2D eigenvalue weighted by Crippen LogP contribution is 2.33. The van der Waals surface area contributed by atoms with Crippen molar-refractivity contribution in [2.45, 2.75) is 32.0 Å². The minimum Gasteiger partial charge on any atom is -0.331 e. The summed E-state index contributed by atoms with van der Waals surface area (Å²) < 4.78 is 38.1. The van der Waals surface area contributed by atoms with E-state index in [1.54, 1.807) is 0 Å². The Kier molecular flexibility index (Phi) is 4.57. The van der Waals surface area contributed by atoms with E-state index in [2.05, 4.69) is 5.32 Å². The zero-order chi connectivity index (χ0) is 14.8. The van der Waals surface area contributed by atoms with E-state index in [4.69, 9.17) is 0 Å². The molecule has 112 valence electrons. The Morgan fingerprint density at radius 2 is 2.30 bits per heavy atom. The maximum atomic E-state index is 12.7. The van der Waals surface area contributed by atoms with Gasteiger partial charge in [-0.25, -0.2) is 4.79 Å². The van der Waals surface area contributed by atoms with Gasteiger partial charge in [0.25, 0.3) is 0 Å². The Morgan fingerprint density at radius 1 is 1.55 bits per heavy atom. The number of hydrogen-bond acceptors (Lipinski definition) is 2. The van der Waals surface area contributed by atoms with Crippen molar-refractivity contribution in [2.75, 3.05) is 13.1 Å². The number of thiophene rings is 1. The van der Waals surface area contributed by atoms with Gasteiger partial charge in [-0.1, -0.05) is 6.07 Å². The maximum Gasteiger partial charge on any atom is 0.393 e. The molecule has 0 aromatic carbocycles. The van der Waals surface area contributed by atoms with E-state index >= 15 is 0 Å². The summed E-state index contributed by atoms with van der Waals surface area (Å²) in [6.45, 7) is 1.97. The number of nitrogens with zero attached hydrogens (tertiary/aromatic N) is 1. The summed E-state index contributed by atoms with van der Waals surface area (Å²) in [5, 5.41) is 4.66. The summed E-state index contributed by atoms with van der Waals surface area (Å²) in [6.07, 6.45) is -3.73. The second-order valence-corrected chi connectivity index (χ2v) is 5.99. The lowest BCUT2D eigenvalue weighted by atomic mass is 9.98. The first-order chi connectivity index (χ1) is 9.38. The largest absolute Gasteiger partial charge is 0.393 e. The first-order valence-electron chi connectivity index (χ1n) is 6.53. The molecule has 1 aromatic rings. The van der Waals surface area contributed by atoms with Gasteiger partial charge in [0, 0.05) is 18.0 Å². The van der Waals surface area contributed by atoms with Gasteiger partial charge >= 0.3 is 12.2 Å². The third-order valence-electron chi connectivity index (χ3n) is 3.48. The van der Waals surface area contributed by atoms with Gasteiger partial charge in [0.1, 0.15) is 0 Å². The Balaban J connectivity index is 1.92. The molecular formula is C13H17F3N2OS. The average Bonchev–Trinajstić information content (AvgIpc) is 2.91. The second-order valence-electron chi connectivity index (χ2n) is 5.01. The van der Waals surface area contributed by atoms with Crippen LogP contribution < -0.4 is 5.32 Å². The molecule has 2 heterocycles. The summed E-state index contributed by atoms with van der Waals surface area (Å²) in [5.74, 6) is -1.40. The van der Waals surface area contributed by atoms with Crippen molar-refractivity contribution in [3.8, 4) is 0 Å². The van der Waals surface area contributed by atoms with Gasteiger partial charge in [-0.2, -0.15) is 13.2 Å². The first-order valence-corrected chi connectivity index (χ1v) is 7.41. The van der Waals surface area contributed by atoms with Gasteiger partial charge in [-0.05, 0) is 31.2 Å². The first kappa shape index (κ1) is 15.2. The third kappa shape index (κ3) is 3.65. The van der Waals surface area contributed by atoms with E-state index in [1.165, 1.54) is 16.2 Å². The van der Waals surface area contributed by atoms with E-state index in [9.17, 15) is 18.0 Å². The van der Waals surface area contributed by atoms with Crippen LogP contribution in [-0.2, 0) is 0 Å². The van der Waals surface area contributed by atoms with E-state index in [0.29, 0.717) is 13.0 Å². The minimum atomic E-state index is -4.22. The number of carbonyl (C=O) groups excluding carboxylic acids is 1. The summed E-state index contributed by atoms with van der Waals surface area (Å²) in [6, 6.07) is 3.17. The lowest BCUT2D eigenvalue weighted by Crippen LogP contribution is -2.48. The molecule has 0 radical (unpaired) electrons. The van der Waals surface area contributed by atoms with Crippen molar-refractivity contribution in [1.29, 1.82) is 0 Å². The van der Waals surface area contributed by atoms with Crippen molar-refractivity contribution >= 4 is 17.4 Å². The maximum absolute atomic E-state index is 12.7. The van der Waals surface area contributed by atoms with Crippen molar-refractivity contribution < 1.29 is 18.0 Å². The fraction of sp³-hybridized carbons (Fsp3) is 0.615. The van der Waals surface area contributed by atoms with Crippen LogP contribution in [0.4, 0.5) is 18.0 Å². The zero-order valence-electron chi connectivity index (χ0n) is 11.1. The van der Waals surface area contributed by atoms with Crippen molar-refractivity contribution in [1.82, 2.24) is 10.2 Å². The molecule has 2 rings (SSSR count). The standard InChI is InChI=1S/C13H17F3N2OS/c1-9(11-5-3-7-20-11)17-12(19)18-6-2-4-10(8-18)13(14,15)16/h3,5,7,9-10H,2,4,6,8H2,1H3,(H,17,19)/t9-,10-/m0/s1. The van der Waals surface area contributed by atoms with Crippen LogP contribution in [0, 0.1) is 5.92 Å². The van der Waals surface area contributed by atoms with Crippen LogP contribution in [0.3, 0.4) is 0 Å². The SMILES string of the molecule is C[C@H](NC(=O)N1CCC[C@H](C(F)(F)F)C1)c1cccs1. The minimum absolute atomic E-state index is 0.105. The number of piperidine rings is 1. The van der Waals surface area contributed by atoms with Gasteiger partial charge in [-0.3, -0.25) is 0 Å². The quantitative estimate of drug-likeness (QED) is 0.886. The molecule has 1 aliphatic heterocycles. The van der Waals surface area contributed by atoms with Crippen LogP contribution in [0.1, 0.15) is 30.7 Å². The Labute approximate surface area is 119 Å². The summed E-state index contributed by atoms with van der Waals surface area (Å²) in [7, 11) is 0. The monoisotopic (exact) mass is 306 g/mol. The molecule has 1 aliphatic rings. The number of alkyl halides is 3. The van der Waals surface area contributed by atoms with Gasteiger partial charge in [0.15, 0.2) is 0 Å². The van der Waals surface area contributed by atoms with Gasteiger partial charge < -0.3 is 10.2 Å². The molecule has 0 spiro atoms. The molecular weight excluding hydrogens is 289 g/mol. The molecule has 1 fully saturated rings. The van der Waals surface area contributed by atoms with E-state index in [0.717, 1.165) is 4.88 Å². The molecule has 1 N–H and O–H groups in total. The molecule has 2 amide bonds. The number of likely N-dealkylation sites (tertiary alicyclic amines) is 1. The highest BCUT2D eigenvalue weighted by Gasteiger charge is 2.42. The molecule has 7 heteroatoms. The molecule has 0 saturated carbocycles. The van der Waals surface area contributed by atoms with Crippen molar-refractivity contribution in [3.63, 3.8) is 0 Å². The predicted octanol–water partition coefficient (Wildman–Crippen LogP) is 3.79. The lowest BCUT2D eigenvalue weighted by Gasteiger charge is -2.34. The zero-order valence-corrected chi connectivity index (χ0v) is 11.9. The fourth-order valence-electron chi connectivity index (χ4n) is 2.31. The molecule has 1 aromatic heterocycles. The van der Waals surface area contributed by atoms with Crippen LogP contribution in [-0.4, -0.2) is 30.2 Å². The smallest absolute Gasteiger partial charge is 0.331 e. The molecule has 3 nitrogen and oxygen atoms in total. The van der Waals surface area contributed by atoms with Gasteiger partial charge in [0.05, 0.1) is 12.0 Å². The third-order valence-corrected chi connectivity index (χ3v) is 4.54. The van der Waals surface area contributed by atoms with Gasteiger partial charge in [0.2, 0.25) is 0 Å². The lowest BCUT2D eigenvalue weighted by molar-refractivity contribution is -0.184. The number of amides is 2. The van der Waals surface area contributed by atoms with Crippen LogP contribution in [0.2, 0.25) is 0 Å². The van der Waals surface area contributed by atoms with E-state index in [1.807, 2.05) is 24.4 Å². The fourth-order valence-corrected chi connectivity index (χ4v) is 3.05. The topological polar surface area (TPSA) is 32.3 Å². The molecule has 0 bridgehead atoms. The average molecular weight is 306 g/mol. The Bertz CT molecular complexity index is 447. The highest BCUT2D eigenvalue weighted by atomic mass is 32.1. The molecule has 20 heavy (non-hydrogen) atoms. The van der Waals surface area contributed by atoms with Crippen LogP contribution in [0.25, 0.3) is 0 Å². The van der Waals surface area contributed by atoms with Crippen molar-refractivity contribution in [2.24, 2.45) is 5.92 Å². The number of nitrogens with one attached hydrogen (secondary N) is 1. The summed E-state index contributed by atoms with van der Waals surface area (Å²) in [4.78, 5) is 14.3. The van der Waals surface area contributed by atoms with Crippen molar-refractivity contribution in [3.05, 3.63) is 22.4 Å². The number of carbonyl (C=O) groups is 1. The van der Waals surface area contributed by atoms with E-state index in [-0.39, 0.29) is 19.0 Å². The van der Waals surface area contributed by atoms with E-state index < -0.39 is 18.1 Å². The summed E-state index contributed by atoms with van der Waals surface area (Å²) in [5.41, 5.74) is 0. The van der Waals surface area contributed by atoms with Crippen LogP contribution >= 0.6 is 11.3 Å². The van der Waals surface area contributed by atoms with Gasteiger partial charge in [-0.15, -0.1) is 11.3 Å². The summed E-state index contributed by atoms with van der Waals surface area (Å²) >= 11 is 1.51. The van der Waals surface area contributed by atoms with Crippen LogP contribution in [0.5, 0.6) is 0 Å². The number of rotatable bonds is 2. The molecule has 0 aliphatic carbocycles. The predicted molar refractivity (Wildman–Crippen MR) is 71.6 cm³/mol. The number of hydrogen-bond donors (Lipinski definition) is 1. The van der Waals surface area contributed by atoms with Crippen LogP contribution in [0.15, 0.2) is 17.5 Å². The highest BCUT2D eigenvalue weighted by molar-refractivity contribution is 7.10. The number of halogens is 3. The molecule has 2 atom stereocenters.